The Bertz CT molecular complexity index is 382. The van der Waals surface area contributed by atoms with Crippen LogP contribution in [0.25, 0.3) is 0 Å². The van der Waals surface area contributed by atoms with E-state index in [-0.39, 0.29) is 6.42 Å². The molecule has 88 valence electrons. The highest BCUT2D eigenvalue weighted by Crippen LogP contribution is 2.30. The molecule has 1 aromatic rings. The first-order chi connectivity index (χ1) is 7.57. The van der Waals surface area contributed by atoms with Crippen molar-refractivity contribution in [3.63, 3.8) is 0 Å². The maximum Gasteiger partial charge on any atom is 0.309 e. The molecule has 0 bridgehead atoms. The molecule has 0 atom stereocenters. The van der Waals surface area contributed by atoms with Gasteiger partial charge in [0.05, 0.1) is 24.3 Å². The van der Waals surface area contributed by atoms with E-state index in [2.05, 4.69) is 10.3 Å². The van der Waals surface area contributed by atoms with Gasteiger partial charge >= 0.3 is 5.97 Å². The summed E-state index contributed by atoms with van der Waals surface area (Å²) in [6.45, 7) is 0.402. The smallest absolute Gasteiger partial charge is 0.309 e. The topological polar surface area (TPSA) is 88.2 Å². The Labute approximate surface area is 92.9 Å². The average Bonchev–Trinajstić information content (AvgIpc) is 2.75. The molecule has 1 aliphatic carbocycles. The molecule has 1 saturated carbocycles. The lowest BCUT2D eigenvalue weighted by Gasteiger charge is -2.21. The summed E-state index contributed by atoms with van der Waals surface area (Å²) in [7, 11) is 0. The van der Waals surface area contributed by atoms with Gasteiger partial charge in [0.25, 0.3) is 0 Å². The minimum Gasteiger partial charge on any atom is -0.481 e. The molecular weight excluding hydrogens is 210 g/mol. The summed E-state index contributed by atoms with van der Waals surface area (Å²) in [5.41, 5.74) is -0.261. The fourth-order valence-corrected chi connectivity index (χ4v) is 2.14. The summed E-state index contributed by atoms with van der Waals surface area (Å²) >= 11 is 0. The van der Waals surface area contributed by atoms with E-state index in [1.165, 1.54) is 4.68 Å². The van der Waals surface area contributed by atoms with Gasteiger partial charge in [0.1, 0.15) is 0 Å². The highest BCUT2D eigenvalue weighted by Gasteiger charge is 2.31. The molecule has 0 aliphatic heterocycles. The molecule has 0 aromatic carbocycles. The number of hydrogen-bond acceptors (Lipinski definition) is 4. The van der Waals surface area contributed by atoms with Crippen LogP contribution in [-0.2, 0) is 17.8 Å². The summed E-state index contributed by atoms with van der Waals surface area (Å²) in [4.78, 5) is 10.5. The van der Waals surface area contributed by atoms with Gasteiger partial charge in [0.2, 0.25) is 0 Å². The van der Waals surface area contributed by atoms with Crippen LogP contribution in [0.5, 0.6) is 0 Å². The largest absolute Gasteiger partial charge is 0.481 e. The van der Waals surface area contributed by atoms with E-state index in [9.17, 15) is 9.90 Å². The molecule has 1 aromatic heterocycles. The van der Waals surface area contributed by atoms with Crippen molar-refractivity contribution in [1.29, 1.82) is 0 Å². The van der Waals surface area contributed by atoms with Crippen molar-refractivity contribution in [2.45, 2.75) is 44.2 Å². The van der Waals surface area contributed by atoms with Crippen molar-refractivity contribution in [1.82, 2.24) is 15.0 Å². The van der Waals surface area contributed by atoms with Crippen LogP contribution in [0.2, 0.25) is 0 Å². The van der Waals surface area contributed by atoms with Gasteiger partial charge < -0.3 is 10.2 Å². The zero-order valence-electron chi connectivity index (χ0n) is 8.96. The van der Waals surface area contributed by atoms with Crippen molar-refractivity contribution in [3.8, 4) is 0 Å². The van der Waals surface area contributed by atoms with Crippen molar-refractivity contribution in [3.05, 3.63) is 11.9 Å². The molecule has 16 heavy (non-hydrogen) atoms. The summed E-state index contributed by atoms with van der Waals surface area (Å²) in [6.07, 6.45) is 5.09. The number of aliphatic hydroxyl groups is 1. The molecule has 1 aliphatic rings. The van der Waals surface area contributed by atoms with Gasteiger partial charge in [-0.2, -0.15) is 0 Å². The van der Waals surface area contributed by atoms with Crippen LogP contribution in [0, 0.1) is 0 Å². The van der Waals surface area contributed by atoms with Gasteiger partial charge in [-0.3, -0.25) is 4.79 Å². The van der Waals surface area contributed by atoms with E-state index in [1.807, 2.05) is 0 Å². The van der Waals surface area contributed by atoms with Crippen LogP contribution < -0.4 is 0 Å². The first kappa shape index (κ1) is 11.1. The molecule has 0 unspecified atom stereocenters. The Morgan fingerprint density at radius 2 is 2.19 bits per heavy atom. The molecule has 0 radical (unpaired) electrons. The van der Waals surface area contributed by atoms with Crippen molar-refractivity contribution >= 4 is 5.97 Å². The van der Waals surface area contributed by atoms with Gasteiger partial charge in [0.15, 0.2) is 0 Å². The summed E-state index contributed by atoms with van der Waals surface area (Å²) in [5, 5.41) is 26.3. The third kappa shape index (κ3) is 2.57. The van der Waals surface area contributed by atoms with Gasteiger partial charge in [-0.25, -0.2) is 4.68 Å². The van der Waals surface area contributed by atoms with E-state index >= 15 is 0 Å². The van der Waals surface area contributed by atoms with Gasteiger partial charge in [-0.1, -0.05) is 18.1 Å². The monoisotopic (exact) mass is 225 g/mol. The van der Waals surface area contributed by atoms with Crippen molar-refractivity contribution < 1.29 is 15.0 Å². The van der Waals surface area contributed by atoms with Crippen LogP contribution in [0.15, 0.2) is 6.20 Å². The molecule has 0 saturated heterocycles. The normalized spacial score (nSPS) is 18.8. The Balaban J connectivity index is 1.99. The zero-order chi connectivity index (χ0) is 11.6. The third-order valence-electron chi connectivity index (χ3n) is 2.91. The van der Waals surface area contributed by atoms with Gasteiger partial charge in [-0.05, 0) is 12.8 Å². The predicted molar refractivity (Wildman–Crippen MR) is 54.8 cm³/mol. The molecule has 1 heterocycles. The molecule has 0 amide bonds. The lowest BCUT2D eigenvalue weighted by atomic mass is 10.0. The Morgan fingerprint density at radius 3 is 2.81 bits per heavy atom. The van der Waals surface area contributed by atoms with Crippen LogP contribution in [0.4, 0.5) is 0 Å². The zero-order valence-corrected chi connectivity index (χ0v) is 8.96. The molecule has 1 fully saturated rings. The van der Waals surface area contributed by atoms with E-state index in [0.717, 1.165) is 25.7 Å². The van der Waals surface area contributed by atoms with Crippen LogP contribution >= 0.6 is 0 Å². The second-order valence-corrected chi connectivity index (χ2v) is 4.41. The molecule has 2 rings (SSSR count). The van der Waals surface area contributed by atoms with E-state index in [0.29, 0.717) is 12.2 Å². The second-order valence-electron chi connectivity index (χ2n) is 4.41. The molecule has 2 N–H and O–H groups in total. The van der Waals surface area contributed by atoms with Gasteiger partial charge in [0, 0.05) is 6.20 Å². The molecule has 0 spiro atoms. The summed E-state index contributed by atoms with van der Waals surface area (Å²) in [5.74, 6) is -0.924. The minimum absolute atomic E-state index is 0.127. The first-order valence-corrected chi connectivity index (χ1v) is 5.41. The number of carboxylic acid groups (broad SMARTS) is 1. The molecule has 6 heteroatoms. The standard InChI is InChI=1S/C10H15N3O3/c14-9(15)5-8-6-13(12-11-8)7-10(16)3-1-2-4-10/h6,16H,1-5,7H2,(H,14,15). The first-order valence-electron chi connectivity index (χ1n) is 5.41. The lowest BCUT2D eigenvalue weighted by molar-refractivity contribution is -0.136. The number of carbonyl (C=O) groups is 1. The molecular formula is C10H15N3O3. The number of hydrogen-bond donors (Lipinski definition) is 2. The fraction of sp³-hybridized carbons (Fsp3) is 0.700. The minimum atomic E-state index is -0.924. The highest BCUT2D eigenvalue weighted by atomic mass is 16.4. The summed E-state index contributed by atoms with van der Waals surface area (Å²) < 4.78 is 1.53. The van der Waals surface area contributed by atoms with Crippen molar-refractivity contribution in [2.24, 2.45) is 0 Å². The number of aromatic nitrogens is 3. The Kier molecular flexibility index (Phi) is 2.91. The van der Waals surface area contributed by atoms with Crippen molar-refractivity contribution in [2.75, 3.05) is 0 Å². The Hall–Kier alpha value is -1.43. The second kappa shape index (κ2) is 4.21. The fourth-order valence-electron chi connectivity index (χ4n) is 2.14. The SMILES string of the molecule is O=C(O)Cc1cn(CC2(O)CCCC2)nn1. The maximum atomic E-state index is 10.5. The third-order valence-corrected chi connectivity index (χ3v) is 2.91. The van der Waals surface area contributed by atoms with E-state index in [1.54, 1.807) is 6.20 Å². The van der Waals surface area contributed by atoms with Crippen LogP contribution in [-0.4, -0.2) is 36.8 Å². The lowest BCUT2D eigenvalue weighted by Crippen LogP contribution is -2.30. The molecule has 6 nitrogen and oxygen atoms in total. The number of nitrogens with zero attached hydrogens (tertiary/aromatic N) is 3. The highest BCUT2D eigenvalue weighted by molar-refractivity contribution is 5.69. The van der Waals surface area contributed by atoms with Gasteiger partial charge in [-0.15, -0.1) is 5.10 Å². The average molecular weight is 225 g/mol. The van der Waals surface area contributed by atoms with Crippen LogP contribution in [0.1, 0.15) is 31.4 Å². The predicted octanol–water partition coefficient (Wildman–Crippen LogP) is 0.210. The Morgan fingerprint density at radius 1 is 1.50 bits per heavy atom. The maximum absolute atomic E-state index is 10.5. The van der Waals surface area contributed by atoms with Crippen LogP contribution in [0.3, 0.4) is 0 Å². The van der Waals surface area contributed by atoms with E-state index in [4.69, 9.17) is 5.11 Å². The number of rotatable bonds is 4. The number of aliphatic carboxylic acids is 1. The summed E-state index contributed by atoms with van der Waals surface area (Å²) in [6, 6.07) is 0. The van der Waals surface area contributed by atoms with E-state index < -0.39 is 11.6 Å². The number of carboxylic acids is 1. The quantitative estimate of drug-likeness (QED) is 0.764.